The van der Waals surface area contributed by atoms with Gasteiger partial charge >= 0.3 is 6.03 Å². The van der Waals surface area contributed by atoms with E-state index in [9.17, 15) is 23.6 Å². The van der Waals surface area contributed by atoms with E-state index in [1.54, 1.807) is 46.3 Å². The number of hydrazine groups is 1. The van der Waals surface area contributed by atoms with Gasteiger partial charge in [-0.25, -0.2) is 19.2 Å². The standard InChI is InChI=1S/C33H31FN8O4S/c1-2-14-40(33(46)36-16-22-6-10-24(34)11-7-22)41-19-29(44)42-26(15-21-8-12-25(13-9-21)37-20-43)31(45)39(18-28(41)42)17-23-4-3-5-27-30(23)38-32(35)47-27/h1,3-13,20,26,28H,14-19H2,(H2,35,38)(H,36,46)(H,37,43)/t26-,28+/m0/s1. The normalized spacial score (nSPS) is 17.8. The van der Waals surface area contributed by atoms with E-state index in [4.69, 9.17) is 12.2 Å². The number of nitrogens with zero attached hydrogens (tertiary/aromatic N) is 5. The number of anilines is 2. The number of nitrogens with two attached hydrogens (primary N) is 1. The number of fused-ring (bicyclic) bond motifs is 2. The Bertz CT molecular complexity index is 1860. The fourth-order valence-corrected chi connectivity index (χ4v) is 6.79. The van der Waals surface area contributed by atoms with Crippen LogP contribution in [-0.2, 0) is 33.9 Å². The molecule has 240 valence electrons. The van der Waals surface area contributed by atoms with Crippen LogP contribution in [0.25, 0.3) is 10.2 Å². The molecule has 47 heavy (non-hydrogen) atoms. The van der Waals surface area contributed by atoms with Crippen molar-refractivity contribution in [3.63, 3.8) is 0 Å². The third kappa shape index (κ3) is 6.57. The lowest BCUT2D eigenvalue weighted by molar-refractivity contribution is -0.157. The Balaban J connectivity index is 1.31. The molecule has 4 aromatic rings. The maximum Gasteiger partial charge on any atom is 0.333 e. The first kappa shape index (κ1) is 31.5. The van der Waals surface area contributed by atoms with Crippen molar-refractivity contribution in [2.24, 2.45) is 0 Å². The van der Waals surface area contributed by atoms with Crippen LogP contribution in [-0.4, -0.2) is 80.9 Å². The Morgan fingerprint density at radius 2 is 1.87 bits per heavy atom. The highest BCUT2D eigenvalue weighted by molar-refractivity contribution is 7.22. The minimum atomic E-state index is -0.884. The number of carbonyl (C=O) groups is 4. The molecule has 0 radical (unpaired) electrons. The SMILES string of the molecule is C#CCN(C(=O)NCc1ccc(F)cc1)N1CC(=O)N2[C@@H](Cc3ccc(NC=O)cc3)C(=O)N(Cc3cccc4sc(N)nc34)C[C@@H]21. The number of benzene rings is 3. The van der Waals surface area contributed by atoms with E-state index in [0.29, 0.717) is 28.3 Å². The molecular weight excluding hydrogens is 623 g/mol. The van der Waals surface area contributed by atoms with Gasteiger partial charge in [-0.05, 0) is 47.0 Å². The molecule has 0 bridgehead atoms. The summed E-state index contributed by atoms with van der Waals surface area (Å²) in [5.74, 6) is 1.54. The lowest BCUT2D eigenvalue weighted by atomic mass is 9.99. The third-order valence-corrected chi connectivity index (χ3v) is 9.05. The molecule has 2 fully saturated rings. The number of aromatic nitrogens is 1. The van der Waals surface area contributed by atoms with Crippen LogP contribution in [0.2, 0.25) is 0 Å². The third-order valence-electron chi connectivity index (χ3n) is 8.20. The summed E-state index contributed by atoms with van der Waals surface area (Å²) in [4.78, 5) is 60.0. The molecule has 3 aromatic carbocycles. The van der Waals surface area contributed by atoms with Gasteiger partial charge in [0.2, 0.25) is 18.2 Å². The van der Waals surface area contributed by atoms with E-state index < -0.39 is 24.1 Å². The van der Waals surface area contributed by atoms with Gasteiger partial charge in [-0.2, -0.15) is 5.01 Å². The number of hydrogen-bond acceptors (Lipinski definition) is 8. The number of amides is 5. The van der Waals surface area contributed by atoms with Crippen LogP contribution in [0.1, 0.15) is 16.7 Å². The molecule has 14 heteroatoms. The van der Waals surface area contributed by atoms with E-state index in [2.05, 4.69) is 21.5 Å². The quantitative estimate of drug-likeness (QED) is 0.176. The number of para-hydroxylation sites is 1. The number of nitrogens with one attached hydrogen (secondary N) is 2. The summed E-state index contributed by atoms with van der Waals surface area (Å²) in [5, 5.41) is 8.72. The first-order valence-electron chi connectivity index (χ1n) is 14.8. The second kappa shape index (κ2) is 13.5. The number of nitrogen functional groups attached to an aromatic ring is 1. The van der Waals surface area contributed by atoms with Crippen molar-refractivity contribution >= 4 is 56.6 Å². The summed E-state index contributed by atoms with van der Waals surface area (Å²) >= 11 is 1.36. The van der Waals surface area contributed by atoms with E-state index in [-0.39, 0.29) is 51.0 Å². The number of hydrogen-bond donors (Lipinski definition) is 3. The van der Waals surface area contributed by atoms with Gasteiger partial charge in [0.25, 0.3) is 0 Å². The Hall–Kier alpha value is -5.52. The zero-order valence-electron chi connectivity index (χ0n) is 25.1. The van der Waals surface area contributed by atoms with Crippen LogP contribution in [0.4, 0.5) is 20.0 Å². The molecule has 2 atom stereocenters. The highest BCUT2D eigenvalue weighted by Gasteiger charge is 2.52. The van der Waals surface area contributed by atoms with Crippen molar-refractivity contribution < 1.29 is 23.6 Å². The smallest absolute Gasteiger partial charge is 0.333 e. The fraction of sp³-hybridized carbons (Fsp3) is 0.242. The highest BCUT2D eigenvalue weighted by Crippen LogP contribution is 2.32. The summed E-state index contributed by atoms with van der Waals surface area (Å²) in [6, 6.07) is 17.0. The number of urea groups is 1. The van der Waals surface area contributed by atoms with E-state index in [1.807, 2.05) is 18.2 Å². The Morgan fingerprint density at radius 3 is 2.60 bits per heavy atom. The van der Waals surface area contributed by atoms with Gasteiger partial charge in [-0.15, -0.1) is 6.42 Å². The molecule has 5 amide bonds. The average Bonchev–Trinajstić information content (AvgIpc) is 3.61. The summed E-state index contributed by atoms with van der Waals surface area (Å²) in [7, 11) is 0. The van der Waals surface area contributed by atoms with Crippen molar-refractivity contribution in [2.75, 3.05) is 30.7 Å². The second-order valence-electron chi connectivity index (χ2n) is 11.1. The summed E-state index contributed by atoms with van der Waals surface area (Å²) in [6.07, 6.45) is 5.76. The topological polar surface area (TPSA) is 144 Å². The number of rotatable bonds is 10. The summed E-state index contributed by atoms with van der Waals surface area (Å²) < 4.78 is 14.3. The van der Waals surface area contributed by atoms with Crippen molar-refractivity contribution in [2.45, 2.75) is 31.7 Å². The van der Waals surface area contributed by atoms with Crippen molar-refractivity contribution in [3.05, 3.63) is 89.2 Å². The van der Waals surface area contributed by atoms with Gasteiger partial charge in [0, 0.05) is 25.2 Å². The molecule has 2 saturated heterocycles. The minimum Gasteiger partial charge on any atom is -0.375 e. The molecule has 0 aliphatic carbocycles. The van der Waals surface area contributed by atoms with Crippen LogP contribution in [0.3, 0.4) is 0 Å². The fourth-order valence-electron chi connectivity index (χ4n) is 6.01. The Labute approximate surface area is 273 Å². The zero-order chi connectivity index (χ0) is 33.1. The Kier molecular flexibility index (Phi) is 9.01. The van der Waals surface area contributed by atoms with Gasteiger partial charge in [0.05, 0.1) is 29.9 Å². The molecule has 0 unspecified atom stereocenters. The molecule has 1 aromatic heterocycles. The predicted molar refractivity (Wildman–Crippen MR) is 175 cm³/mol. The first-order valence-corrected chi connectivity index (χ1v) is 15.6. The monoisotopic (exact) mass is 654 g/mol. The number of halogens is 1. The Morgan fingerprint density at radius 1 is 1.13 bits per heavy atom. The molecule has 6 rings (SSSR count). The number of terminal acetylenes is 1. The molecule has 12 nitrogen and oxygen atoms in total. The van der Waals surface area contributed by atoms with Crippen LogP contribution in [0.15, 0.2) is 66.7 Å². The van der Waals surface area contributed by atoms with Gasteiger partial charge in [-0.1, -0.05) is 53.7 Å². The lowest BCUT2D eigenvalue weighted by Gasteiger charge is -2.46. The van der Waals surface area contributed by atoms with Crippen LogP contribution in [0, 0.1) is 18.2 Å². The van der Waals surface area contributed by atoms with Crippen molar-refractivity contribution in [3.8, 4) is 12.3 Å². The number of carbonyl (C=O) groups excluding carboxylic acids is 4. The molecule has 4 N–H and O–H groups in total. The number of piperazine rings is 1. The van der Waals surface area contributed by atoms with Crippen LogP contribution >= 0.6 is 11.3 Å². The second-order valence-corrected chi connectivity index (χ2v) is 12.2. The maximum absolute atomic E-state index is 14.2. The summed E-state index contributed by atoms with van der Waals surface area (Å²) in [5.41, 5.74) is 9.55. The molecule has 2 aliphatic rings. The van der Waals surface area contributed by atoms with E-state index >= 15 is 0 Å². The van der Waals surface area contributed by atoms with Gasteiger partial charge in [0.15, 0.2) is 5.13 Å². The van der Waals surface area contributed by atoms with Gasteiger partial charge in [0.1, 0.15) is 18.0 Å². The molecule has 0 spiro atoms. The van der Waals surface area contributed by atoms with Gasteiger partial charge in [-0.3, -0.25) is 14.4 Å². The minimum absolute atomic E-state index is 0.103. The molecule has 0 saturated carbocycles. The van der Waals surface area contributed by atoms with Crippen LogP contribution in [0.5, 0.6) is 0 Å². The van der Waals surface area contributed by atoms with E-state index in [0.717, 1.165) is 15.8 Å². The van der Waals surface area contributed by atoms with E-state index in [1.165, 1.54) is 33.4 Å². The molecule has 3 heterocycles. The van der Waals surface area contributed by atoms with Crippen molar-refractivity contribution in [1.82, 2.24) is 30.1 Å². The largest absolute Gasteiger partial charge is 0.375 e. The number of thiazole rings is 1. The van der Waals surface area contributed by atoms with Crippen molar-refractivity contribution in [1.29, 1.82) is 0 Å². The lowest BCUT2D eigenvalue weighted by Crippen LogP contribution is -2.66. The molecular formula is C33H31FN8O4S. The van der Waals surface area contributed by atoms with Crippen LogP contribution < -0.4 is 16.4 Å². The average molecular weight is 655 g/mol. The maximum atomic E-state index is 14.2. The zero-order valence-corrected chi connectivity index (χ0v) is 26.0. The van der Waals surface area contributed by atoms with Gasteiger partial charge < -0.3 is 26.2 Å². The predicted octanol–water partition coefficient (Wildman–Crippen LogP) is 2.77. The molecule has 2 aliphatic heterocycles. The first-order chi connectivity index (χ1) is 22.7. The summed E-state index contributed by atoms with van der Waals surface area (Å²) in [6.45, 7) is 0.115. The highest BCUT2D eigenvalue weighted by atomic mass is 32.1.